The van der Waals surface area contributed by atoms with Crippen LogP contribution in [0.15, 0.2) is 54.6 Å². The first-order chi connectivity index (χ1) is 12.9. The monoisotopic (exact) mass is 381 g/mol. The van der Waals surface area contributed by atoms with Crippen molar-refractivity contribution in [2.24, 2.45) is 0 Å². The first kappa shape index (κ1) is 18.8. The fourth-order valence-electron chi connectivity index (χ4n) is 2.68. The van der Waals surface area contributed by atoms with E-state index in [0.717, 1.165) is 11.3 Å². The molecule has 3 heterocycles. The summed E-state index contributed by atoms with van der Waals surface area (Å²) in [6.07, 6.45) is 10.7. The van der Waals surface area contributed by atoms with E-state index in [-0.39, 0.29) is 5.91 Å². The highest BCUT2D eigenvalue weighted by Crippen LogP contribution is 2.21. The summed E-state index contributed by atoms with van der Waals surface area (Å²) in [4.78, 5) is 27.0. The molecule has 138 valence electrons. The zero-order valence-corrected chi connectivity index (χ0v) is 16.4. The summed E-state index contributed by atoms with van der Waals surface area (Å²) in [5, 5.41) is 0.375. The van der Waals surface area contributed by atoms with Crippen molar-refractivity contribution < 1.29 is 4.79 Å². The lowest BCUT2D eigenvalue weighted by Crippen LogP contribution is -2.27. The Hall–Kier alpha value is -2.99. The molecule has 0 bridgehead atoms. The minimum Gasteiger partial charge on any atom is -0.309 e. The van der Waals surface area contributed by atoms with Gasteiger partial charge in [0.15, 0.2) is 5.65 Å². The van der Waals surface area contributed by atoms with Gasteiger partial charge in [0.05, 0.1) is 30.0 Å². The van der Waals surface area contributed by atoms with Crippen LogP contribution in [-0.4, -0.2) is 32.3 Å². The Kier molecular flexibility index (Phi) is 5.37. The van der Waals surface area contributed by atoms with Crippen LogP contribution in [0.1, 0.15) is 37.0 Å². The summed E-state index contributed by atoms with van der Waals surface area (Å²) in [6.45, 7) is 6.05. The van der Waals surface area contributed by atoms with E-state index in [9.17, 15) is 4.79 Å². The van der Waals surface area contributed by atoms with E-state index in [1.807, 2.05) is 31.2 Å². The molecule has 0 N–H and O–H groups in total. The maximum atomic E-state index is 12.9. The summed E-state index contributed by atoms with van der Waals surface area (Å²) >= 11 is 5.82. The van der Waals surface area contributed by atoms with Crippen LogP contribution in [0.25, 0.3) is 11.2 Å². The van der Waals surface area contributed by atoms with Crippen molar-refractivity contribution in [1.82, 2.24) is 19.4 Å². The largest absolute Gasteiger partial charge is 0.309 e. The number of pyridine rings is 1. The molecule has 0 aromatic carbocycles. The summed E-state index contributed by atoms with van der Waals surface area (Å²) in [6, 6.07) is 3.38. The zero-order chi connectivity index (χ0) is 19.6. The highest BCUT2D eigenvalue weighted by molar-refractivity contribution is 6.29. The number of allylic oxidation sites excluding steroid dienone is 4. The zero-order valence-electron chi connectivity index (χ0n) is 15.6. The second kappa shape index (κ2) is 7.72. The first-order valence-corrected chi connectivity index (χ1v) is 8.83. The van der Waals surface area contributed by atoms with Crippen molar-refractivity contribution in [1.29, 1.82) is 0 Å². The van der Waals surface area contributed by atoms with Gasteiger partial charge < -0.3 is 4.90 Å². The van der Waals surface area contributed by atoms with Gasteiger partial charge in [-0.25, -0.2) is 15.0 Å². The molecule has 0 atom stereocenters. The third-order valence-corrected chi connectivity index (χ3v) is 4.29. The van der Waals surface area contributed by atoms with E-state index in [0.29, 0.717) is 22.2 Å². The van der Waals surface area contributed by atoms with Gasteiger partial charge >= 0.3 is 0 Å². The smallest absolute Gasteiger partial charge is 0.278 e. The fraction of sp³-hybridized carbons (Fsp3) is 0.200. The van der Waals surface area contributed by atoms with Crippen molar-refractivity contribution in [3.05, 3.63) is 71.2 Å². The molecule has 3 aromatic heterocycles. The highest BCUT2D eigenvalue weighted by atomic mass is 35.5. The molecule has 3 rings (SSSR count). The molecule has 0 saturated heterocycles. The minimum absolute atomic E-state index is 0.245. The summed E-state index contributed by atoms with van der Waals surface area (Å²) in [5.74, 6) is -0.245. The van der Waals surface area contributed by atoms with E-state index >= 15 is 0 Å². The van der Waals surface area contributed by atoms with Crippen molar-refractivity contribution in [2.75, 3.05) is 11.9 Å². The Labute approximate surface area is 162 Å². The molecule has 6 nitrogen and oxygen atoms in total. The van der Waals surface area contributed by atoms with Crippen LogP contribution in [0, 0.1) is 0 Å². The molecule has 0 fully saturated rings. The molecule has 27 heavy (non-hydrogen) atoms. The number of anilines is 1. The average Bonchev–Trinajstić information content (AvgIpc) is 3.08. The molecule has 0 saturated carbocycles. The number of fused-ring (bicyclic) bond motifs is 1. The Morgan fingerprint density at radius 3 is 2.56 bits per heavy atom. The molecular weight excluding hydrogens is 362 g/mol. The average molecular weight is 382 g/mol. The molecule has 0 aliphatic carbocycles. The van der Waals surface area contributed by atoms with E-state index in [1.165, 1.54) is 10.5 Å². The lowest BCUT2D eigenvalue weighted by molar-refractivity contribution is 0.0987. The Bertz CT molecular complexity index is 1050. The second-order valence-electron chi connectivity index (χ2n) is 6.31. The fourth-order valence-corrected chi connectivity index (χ4v) is 2.80. The van der Waals surface area contributed by atoms with Crippen LogP contribution in [0.2, 0.25) is 5.15 Å². The van der Waals surface area contributed by atoms with Gasteiger partial charge in [-0.05, 0) is 38.5 Å². The van der Waals surface area contributed by atoms with Crippen molar-refractivity contribution >= 4 is 34.4 Å². The lowest BCUT2D eigenvalue weighted by Gasteiger charge is -2.16. The van der Waals surface area contributed by atoms with Gasteiger partial charge in [0.25, 0.3) is 5.91 Å². The van der Waals surface area contributed by atoms with Crippen molar-refractivity contribution in [3.63, 3.8) is 0 Å². The standard InChI is InChI=1S/C20H20ClN5O/c1-5-14(8-13(2)3)17-10-24-19-11-22-16(12-26(17)19)20(27)25(4)15-6-7-18(21)23-9-15/h5-12H,1-4H3/b14-5+. The number of carbonyl (C=O) groups is 1. The van der Waals surface area contributed by atoms with Crippen LogP contribution in [-0.2, 0) is 0 Å². The SMILES string of the molecule is C/C=C(\C=C(C)C)c1cnc2cnc(C(=O)N(C)c3ccc(Cl)nc3)cn12. The van der Waals surface area contributed by atoms with Crippen LogP contribution in [0.5, 0.6) is 0 Å². The maximum Gasteiger partial charge on any atom is 0.278 e. The van der Waals surface area contributed by atoms with Gasteiger partial charge in [0.2, 0.25) is 0 Å². The Balaban J connectivity index is 2.00. The van der Waals surface area contributed by atoms with E-state index in [2.05, 4.69) is 21.0 Å². The molecule has 0 aliphatic rings. The molecule has 0 spiro atoms. The molecule has 0 unspecified atom stereocenters. The molecule has 1 amide bonds. The summed E-state index contributed by atoms with van der Waals surface area (Å²) in [5.41, 5.74) is 4.74. The van der Waals surface area contributed by atoms with Crippen LogP contribution < -0.4 is 4.90 Å². The number of nitrogens with zero attached hydrogens (tertiary/aromatic N) is 5. The van der Waals surface area contributed by atoms with Crippen LogP contribution in [0.3, 0.4) is 0 Å². The third kappa shape index (κ3) is 3.90. The van der Waals surface area contributed by atoms with Crippen molar-refractivity contribution in [2.45, 2.75) is 20.8 Å². The van der Waals surface area contributed by atoms with Gasteiger partial charge in [-0.15, -0.1) is 0 Å². The van der Waals surface area contributed by atoms with Gasteiger partial charge in [-0.2, -0.15) is 0 Å². The normalized spacial score (nSPS) is 11.5. The first-order valence-electron chi connectivity index (χ1n) is 8.45. The van der Waals surface area contributed by atoms with E-state index < -0.39 is 0 Å². The number of hydrogen-bond acceptors (Lipinski definition) is 4. The van der Waals surface area contributed by atoms with Crippen LogP contribution in [0.4, 0.5) is 5.69 Å². The van der Waals surface area contributed by atoms with Gasteiger partial charge in [-0.1, -0.05) is 29.3 Å². The van der Waals surface area contributed by atoms with E-state index in [4.69, 9.17) is 11.6 Å². The number of rotatable bonds is 4. The van der Waals surface area contributed by atoms with Gasteiger partial charge in [0, 0.05) is 13.2 Å². The molecular formula is C20H20ClN5O. The Morgan fingerprint density at radius 1 is 1.15 bits per heavy atom. The third-order valence-electron chi connectivity index (χ3n) is 4.07. The summed E-state index contributed by atoms with van der Waals surface area (Å²) in [7, 11) is 1.68. The topological polar surface area (TPSA) is 63.4 Å². The Morgan fingerprint density at radius 2 is 1.93 bits per heavy atom. The van der Waals surface area contributed by atoms with E-state index in [1.54, 1.807) is 44.0 Å². The van der Waals surface area contributed by atoms with Crippen LogP contribution >= 0.6 is 11.6 Å². The number of hydrogen-bond donors (Lipinski definition) is 0. The predicted octanol–water partition coefficient (Wildman–Crippen LogP) is 4.42. The maximum absolute atomic E-state index is 12.9. The molecule has 3 aromatic rings. The minimum atomic E-state index is -0.245. The number of halogens is 1. The highest BCUT2D eigenvalue weighted by Gasteiger charge is 2.17. The number of amides is 1. The van der Waals surface area contributed by atoms with Crippen molar-refractivity contribution in [3.8, 4) is 0 Å². The quantitative estimate of drug-likeness (QED) is 0.495. The number of imidazole rings is 1. The lowest BCUT2D eigenvalue weighted by atomic mass is 10.1. The number of carbonyl (C=O) groups excluding carboxylic acids is 1. The number of aromatic nitrogens is 4. The van der Waals surface area contributed by atoms with Gasteiger partial charge in [-0.3, -0.25) is 9.20 Å². The molecule has 7 heteroatoms. The second-order valence-corrected chi connectivity index (χ2v) is 6.70. The summed E-state index contributed by atoms with van der Waals surface area (Å²) < 4.78 is 1.88. The predicted molar refractivity (Wildman–Crippen MR) is 108 cm³/mol. The molecule has 0 aliphatic heterocycles. The van der Waals surface area contributed by atoms with Gasteiger partial charge in [0.1, 0.15) is 10.8 Å². The molecule has 0 radical (unpaired) electrons.